The van der Waals surface area contributed by atoms with Crippen LogP contribution in [0.25, 0.3) is 0 Å². The van der Waals surface area contributed by atoms with Gasteiger partial charge in [0.25, 0.3) is 0 Å². The molecule has 0 aromatic carbocycles. The molecule has 1 aliphatic heterocycles. The number of nitrogens with one attached hydrogen (secondary N) is 1. The topological polar surface area (TPSA) is 50.8 Å². The normalized spacial score (nSPS) is 33.7. The van der Waals surface area contributed by atoms with E-state index in [1.54, 1.807) is 7.11 Å². The molecule has 0 amide bonds. The highest BCUT2D eigenvalue weighted by atomic mass is 16.5. The van der Waals surface area contributed by atoms with Crippen LogP contribution in [0.4, 0.5) is 0 Å². The summed E-state index contributed by atoms with van der Waals surface area (Å²) in [6.07, 6.45) is 4.95. The predicted octanol–water partition coefficient (Wildman–Crippen LogP) is 0.783. The molecule has 0 aromatic rings. The summed E-state index contributed by atoms with van der Waals surface area (Å²) in [5.41, 5.74) is -0.421. The Morgan fingerprint density at radius 3 is 2.58 bits per heavy atom. The lowest BCUT2D eigenvalue weighted by molar-refractivity contribution is -0.160. The van der Waals surface area contributed by atoms with E-state index in [1.165, 1.54) is 7.11 Å². The molecule has 0 spiro atoms. The maximum Gasteiger partial charge on any atom is 0.326 e. The van der Waals surface area contributed by atoms with Gasteiger partial charge in [-0.25, -0.2) is 0 Å². The fourth-order valence-electron chi connectivity index (χ4n) is 3.42. The van der Waals surface area contributed by atoms with Crippen LogP contribution in [0.2, 0.25) is 0 Å². The third kappa shape index (κ3) is 3.09. The van der Waals surface area contributed by atoms with Crippen LogP contribution in [0.15, 0.2) is 0 Å². The van der Waals surface area contributed by atoms with Crippen LogP contribution in [0.1, 0.15) is 32.1 Å². The Morgan fingerprint density at radius 1 is 1.21 bits per heavy atom. The van der Waals surface area contributed by atoms with Crippen molar-refractivity contribution in [2.75, 3.05) is 40.4 Å². The highest BCUT2D eigenvalue weighted by Gasteiger charge is 2.47. The van der Waals surface area contributed by atoms with Gasteiger partial charge in [-0.3, -0.25) is 9.69 Å². The first-order valence-corrected chi connectivity index (χ1v) is 7.30. The van der Waals surface area contributed by atoms with E-state index in [9.17, 15) is 4.79 Å². The first-order chi connectivity index (χ1) is 9.23. The third-order valence-corrected chi connectivity index (χ3v) is 4.60. The van der Waals surface area contributed by atoms with E-state index in [4.69, 9.17) is 9.47 Å². The van der Waals surface area contributed by atoms with Gasteiger partial charge in [0.15, 0.2) is 0 Å². The van der Waals surface area contributed by atoms with Gasteiger partial charge in [-0.15, -0.1) is 0 Å². The molecular weight excluding hydrogens is 244 g/mol. The first kappa shape index (κ1) is 14.8. The summed E-state index contributed by atoms with van der Waals surface area (Å²) in [5.74, 6) is -0.0658. The van der Waals surface area contributed by atoms with Gasteiger partial charge in [-0.05, 0) is 38.6 Å². The molecule has 0 radical (unpaired) electrons. The van der Waals surface area contributed by atoms with Gasteiger partial charge in [0, 0.05) is 26.7 Å². The Hall–Kier alpha value is -0.650. The molecular formula is C14H26N2O3. The van der Waals surface area contributed by atoms with Gasteiger partial charge in [0.05, 0.1) is 13.2 Å². The van der Waals surface area contributed by atoms with Crippen LogP contribution in [-0.4, -0.2) is 62.9 Å². The van der Waals surface area contributed by atoms with Crippen molar-refractivity contribution < 1.29 is 14.3 Å². The fourth-order valence-corrected chi connectivity index (χ4v) is 3.42. The maximum atomic E-state index is 12.4. The van der Waals surface area contributed by atoms with Gasteiger partial charge in [-0.2, -0.15) is 0 Å². The third-order valence-electron chi connectivity index (χ3n) is 4.60. The van der Waals surface area contributed by atoms with Crippen molar-refractivity contribution in [3.05, 3.63) is 0 Å². The second kappa shape index (κ2) is 6.68. The standard InChI is InChI=1S/C14H26N2O3/c1-18-12-4-6-14(7-5-12,13(17)19-2)16-10-3-8-15-9-11-16/h12,15H,3-11H2,1-2H3. The minimum atomic E-state index is -0.421. The molecule has 0 unspecified atom stereocenters. The summed E-state index contributed by atoms with van der Waals surface area (Å²) in [5, 5.41) is 3.39. The van der Waals surface area contributed by atoms with Crippen molar-refractivity contribution in [3.8, 4) is 0 Å². The summed E-state index contributed by atoms with van der Waals surface area (Å²) < 4.78 is 10.5. The fraction of sp³-hybridized carbons (Fsp3) is 0.929. The smallest absolute Gasteiger partial charge is 0.326 e. The van der Waals surface area contributed by atoms with Crippen LogP contribution in [0, 0.1) is 0 Å². The number of carbonyl (C=O) groups is 1. The van der Waals surface area contributed by atoms with E-state index in [1.807, 2.05) is 0 Å². The maximum absolute atomic E-state index is 12.4. The molecule has 1 heterocycles. The Balaban J connectivity index is 2.12. The summed E-state index contributed by atoms with van der Waals surface area (Å²) in [7, 11) is 3.26. The lowest BCUT2D eigenvalue weighted by Gasteiger charge is -2.45. The lowest BCUT2D eigenvalue weighted by atomic mass is 9.78. The van der Waals surface area contributed by atoms with E-state index in [2.05, 4.69) is 10.2 Å². The van der Waals surface area contributed by atoms with Crippen LogP contribution in [-0.2, 0) is 14.3 Å². The lowest BCUT2D eigenvalue weighted by Crippen LogP contribution is -2.58. The summed E-state index contributed by atoms with van der Waals surface area (Å²) in [6.45, 7) is 3.88. The number of carbonyl (C=O) groups excluding carboxylic acids is 1. The number of ether oxygens (including phenoxy) is 2. The number of methoxy groups -OCH3 is 2. The second-order valence-electron chi connectivity index (χ2n) is 5.55. The molecule has 110 valence electrons. The summed E-state index contributed by atoms with van der Waals surface area (Å²) >= 11 is 0. The minimum Gasteiger partial charge on any atom is -0.468 e. The number of nitrogens with zero attached hydrogens (tertiary/aromatic N) is 1. The minimum absolute atomic E-state index is 0.0658. The molecule has 1 N–H and O–H groups in total. The first-order valence-electron chi connectivity index (χ1n) is 7.30. The van der Waals surface area contributed by atoms with Crippen LogP contribution in [0.5, 0.6) is 0 Å². The molecule has 1 saturated carbocycles. The zero-order chi connectivity index (χ0) is 13.7. The Morgan fingerprint density at radius 2 is 1.95 bits per heavy atom. The number of hydrogen-bond acceptors (Lipinski definition) is 5. The molecule has 19 heavy (non-hydrogen) atoms. The zero-order valence-electron chi connectivity index (χ0n) is 12.1. The van der Waals surface area contributed by atoms with Crippen molar-refractivity contribution in [1.82, 2.24) is 10.2 Å². The average molecular weight is 270 g/mol. The van der Waals surface area contributed by atoms with Crippen molar-refractivity contribution in [2.24, 2.45) is 0 Å². The SMILES string of the molecule is COC(=O)C1(N2CCCNCC2)CCC(OC)CC1. The predicted molar refractivity (Wildman–Crippen MR) is 73.1 cm³/mol. The van der Waals surface area contributed by atoms with Crippen LogP contribution < -0.4 is 5.32 Å². The monoisotopic (exact) mass is 270 g/mol. The summed E-state index contributed by atoms with van der Waals surface area (Å²) in [6, 6.07) is 0. The molecule has 1 aliphatic carbocycles. The van der Waals surface area contributed by atoms with E-state index in [0.717, 1.165) is 58.3 Å². The van der Waals surface area contributed by atoms with Crippen LogP contribution >= 0.6 is 0 Å². The number of rotatable bonds is 3. The average Bonchev–Trinajstić information content (AvgIpc) is 2.76. The van der Waals surface area contributed by atoms with Crippen molar-refractivity contribution in [1.29, 1.82) is 0 Å². The van der Waals surface area contributed by atoms with E-state index < -0.39 is 5.54 Å². The highest BCUT2D eigenvalue weighted by Crippen LogP contribution is 2.36. The Labute approximate surface area is 115 Å². The van der Waals surface area contributed by atoms with Crippen molar-refractivity contribution in [3.63, 3.8) is 0 Å². The van der Waals surface area contributed by atoms with Gasteiger partial charge in [0.1, 0.15) is 5.54 Å². The molecule has 5 nitrogen and oxygen atoms in total. The molecule has 0 aromatic heterocycles. The number of esters is 1. The summed E-state index contributed by atoms with van der Waals surface area (Å²) in [4.78, 5) is 14.7. The van der Waals surface area contributed by atoms with E-state index in [0.29, 0.717) is 6.10 Å². The second-order valence-corrected chi connectivity index (χ2v) is 5.55. The molecule has 2 rings (SSSR count). The number of hydrogen-bond donors (Lipinski definition) is 1. The molecule has 1 saturated heterocycles. The van der Waals surface area contributed by atoms with Gasteiger partial charge >= 0.3 is 5.97 Å². The highest BCUT2D eigenvalue weighted by molar-refractivity contribution is 5.81. The molecule has 0 atom stereocenters. The van der Waals surface area contributed by atoms with Gasteiger partial charge in [-0.1, -0.05) is 0 Å². The quantitative estimate of drug-likeness (QED) is 0.768. The van der Waals surface area contributed by atoms with Crippen molar-refractivity contribution >= 4 is 5.97 Å². The Bertz CT molecular complexity index is 293. The van der Waals surface area contributed by atoms with E-state index in [-0.39, 0.29) is 5.97 Å². The van der Waals surface area contributed by atoms with Crippen LogP contribution in [0.3, 0.4) is 0 Å². The van der Waals surface area contributed by atoms with E-state index >= 15 is 0 Å². The molecule has 2 fully saturated rings. The zero-order valence-corrected chi connectivity index (χ0v) is 12.1. The van der Waals surface area contributed by atoms with Gasteiger partial charge in [0.2, 0.25) is 0 Å². The largest absolute Gasteiger partial charge is 0.468 e. The van der Waals surface area contributed by atoms with Crippen molar-refractivity contribution in [2.45, 2.75) is 43.7 Å². The molecule has 5 heteroatoms. The molecule has 0 bridgehead atoms. The van der Waals surface area contributed by atoms with Gasteiger partial charge < -0.3 is 14.8 Å². The molecule has 2 aliphatic rings. The Kier molecular flexibility index (Phi) is 5.19.